The van der Waals surface area contributed by atoms with Gasteiger partial charge in [0.05, 0.1) is 5.41 Å². The second-order valence-electron chi connectivity index (χ2n) is 4.35. The first kappa shape index (κ1) is 9.39. The van der Waals surface area contributed by atoms with Gasteiger partial charge >= 0.3 is 0 Å². The molecule has 0 aromatic heterocycles. The van der Waals surface area contributed by atoms with Crippen molar-refractivity contribution in [2.24, 2.45) is 5.41 Å². The summed E-state index contributed by atoms with van der Waals surface area (Å²) in [7, 11) is 2.26. The molecule has 2 nitrogen and oxygen atoms in total. The fourth-order valence-corrected chi connectivity index (χ4v) is 3.18. The van der Waals surface area contributed by atoms with Crippen LogP contribution in [0.15, 0.2) is 0 Å². The van der Waals surface area contributed by atoms with Gasteiger partial charge in [-0.05, 0) is 32.1 Å². The molecule has 1 saturated heterocycles. The van der Waals surface area contributed by atoms with Crippen molar-refractivity contribution in [3.8, 4) is 0 Å². The van der Waals surface area contributed by atoms with Gasteiger partial charge in [-0.15, -0.1) is 0 Å². The Morgan fingerprint density at radius 3 is 2.69 bits per heavy atom. The predicted octanol–water partition coefficient (Wildman–Crippen LogP) is 1.61. The monoisotopic (exact) mass is 203 g/mol. The Morgan fingerprint density at radius 2 is 2.15 bits per heavy atom. The molecule has 4 heteroatoms. The zero-order chi connectivity index (χ0) is 9.53. The quantitative estimate of drug-likeness (QED) is 0.595. The van der Waals surface area contributed by atoms with Crippen molar-refractivity contribution in [3.05, 3.63) is 0 Å². The van der Waals surface area contributed by atoms with Gasteiger partial charge in [0.2, 0.25) is 5.91 Å². The highest BCUT2D eigenvalue weighted by molar-refractivity contribution is 7.18. The van der Waals surface area contributed by atoms with Gasteiger partial charge in [-0.25, -0.2) is 4.39 Å². The molecule has 1 N–H and O–H groups in total. The third-order valence-electron chi connectivity index (χ3n) is 3.25. The summed E-state index contributed by atoms with van der Waals surface area (Å²) in [6, 6.07) is 0. The molecule has 2 rings (SSSR count). The number of hydrogen-bond donors (Lipinski definition) is 1. The Morgan fingerprint density at radius 1 is 1.38 bits per heavy atom. The largest absolute Gasteiger partial charge is 0.356 e. The van der Waals surface area contributed by atoms with Gasteiger partial charge in [-0.3, -0.25) is 4.79 Å². The molecule has 2 aliphatic rings. The standard InChI is InChI=1S/C9H15FNOP/c10-9(13)3-1-2-8(6-9)4-5-11-7(8)12/h1-6,13H2,(H,11,12). The van der Waals surface area contributed by atoms with Crippen molar-refractivity contribution in [2.45, 2.75) is 37.5 Å². The highest BCUT2D eigenvalue weighted by atomic mass is 31.0. The van der Waals surface area contributed by atoms with Crippen LogP contribution in [0.5, 0.6) is 0 Å². The van der Waals surface area contributed by atoms with Gasteiger partial charge in [0.15, 0.2) is 0 Å². The molecule has 13 heavy (non-hydrogen) atoms. The summed E-state index contributed by atoms with van der Waals surface area (Å²) in [5.74, 6) is 0.0664. The highest BCUT2D eigenvalue weighted by Crippen LogP contribution is 2.50. The van der Waals surface area contributed by atoms with E-state index in [2.05, 4.69) is 14.6 Å². The summed E-state index contributed by atoms with van der Waals surface area (Å²) >= 11 is 0. The average Bonchev–Trinajstić information content (AvgIpc) is 2.31. The van der Waals surface area contributed by atoms with E-state index in [1.807, 2.05) is 0 Å². The lowest BCUT2D eigenvalue weighted by Gasteiger charge is -2.37. The maximum absolute atomic E-state index is 13.7. The number of hydrogen-bond acceptors (Lipinski definition) is 1. The van der Waals surface area contributed by atoms with Gasteiger partial charge in [-0.1, -0.05) is 9.24 Å². The summed E-state index contributed by atoms with van der Waals surface area (Å²) in [5, 5.41) is 1.59. The molecule has 1 spiro atoms. The number of halogens is 1. The maximum Gasteiger partial charge on any atom is 0.226 e. The number of nitrogens with one attached hydrogen (secondary N) is 1. The van der Waals surface area contributed by atoms with E-state index in [9.17, 15) is 9.18 Å². The lowest BCUT2D eigenvalue weighted by molar-refractivity contribution is -0.130. The molecule has 0 aromatic rings. The highest BCUT2D eigenvalue weighted by Gasteiger charge is 2.49. The lowest BCUT2D eigenvalue weighted by Crippen LogP contribution is -2.39. The molecule has 0 bridgehead atoms. The van der Waals surface area contributed by atoms with E-state index < -0.39 is 5.41 Å². The number of carbonyl (C=O) groups excluding carboxylic acids is 1. The summed E-state index contributed by atoms with van der Waals surface area (Å²) in [5.41, 5.74) is -0.380. The topological polar surface area (TPSA) is 29.1 Å². The molecule has 1 saturated carbocycles. The predicted molar refractivity (Wildman–Crippen MR) is 52.1 cm³/mol. The second-order valence-corrected chi connectivity index (χ2v) is 5.39. The summed E-state index contributed by atoms with van der Waals surface area (Å²) in [4.78, 5) is 11.6. The Hall–Kier alpha value is -0.170. The molecule has 0 aromatic carbocycles. The van der Waals surface area contributed by atoms with Crippen molar-refractivity contribution in [2.75, 3.05) is 6.54 Å². The van der Waals surface area contributed by atoms with Crippen LogP contribution in [0.2, 0.25) is 0 Å². The molecule has 3 atom stereocenters. The summed E-state index contributed by atoms with van der Waals surface area (Å²) in [6.45, 7) is 0.722. The smallest absolute Gasteiger partial charge is 0.226 e. The third kappa shape index (κ3) is 1.59. The van der Waals surface area contributed by atoms with Crippen LogP contribution in [0.3, 0.4) is 0 Å². The first-order chi connectivity index (χ1) is 6.04. The van der Waals surface area contributed by atoms with Crippen LogP contribution in [-0.4, -0.2) is 17.9 Å². The van der Waals surface area contributed by atoms with Gasteiger partial charge in [-0.2, -0.15) is 0 Å². The molecule has 0 radical (unpaired) electrons. The number of amides is 1. The summed E-state index contributed by atoms with van der Waals surface area (Å²) < 4.78 is 13.7. The van der Waals surface area contributed by atoms with Gasteiger partial charge in [0.25, 0.3) is 0 Å². The summed E-state index contributed by atoms with van der Waals surface area (Å²) in [6.07, 6.45) is 3.46. The molecule has 1 amide bonds. The molecule has 1 aliphatic carbocycles. The lowest BCUT2D eigenvalue weighted by atomic mass is 9.72. The molecule has 1 heterocycles. The van der Waals surface area contributed by atoms with E-state index in [-0.39, 0.29) is 11.3 Å². The zero-order valence-corrected chi connectivity index (χ0v) is 8.76. The van der Waals surface area contributed by atoms with E-state index >= 15 is 0 Å². The van der Waals surface area contributed by atoms with E-state index in [0.29, 0.717) is 12.8 Å². The molecule has 2 fully saturated rings. The Kier molecular flexibility index (Phi) is 2.10. The first-order valence-electron chi connectivity index (χ1n) is 4.80. The third-order valence-corrected chi connectivity index (χ3v) is 3.74. The van der Waals surface area contributed by atoms with E-state index in [1.165, 1.54) is 0 Å². The van der Waals surface area contributed by atoms with Gasteiger partial charge < -0.3 is 5.32 Å². The maximum atomic E-state index is 13.7. The van der Waals surface area contributed by atoms with E-state index in [4.69, 9.17) is 0 Å². The number of carbonyl (C=O) groups is 1. The first-order valence-corrected chi connectivity index (χ1v) is 5.38. The molecule has 3 unspecified atom stereocenters. The zero-order valence-electron chi connectivity index (χ0n) is 7.61. The molecular formula is C9H15FNOP. The Balaban J connectivity index is 2.18. The van der Waals surface area contributed by atoms with Crippen LogP contribution < -0.4 is 5.32 Å². The van der Waals surface area contributed by atoms with Crippen molar-refractivity contribution in [1.82, 2.24) is 5.32 Å². The van der Waals surface area contributed by atoms with Crippen molar-refractivity contribution in [1.29, 1.82) is 0 Å². The Bertz CT molecular complexity index is 244. The fourth-order valence-electron chi connectivity index (χ4n) is 2.58. The minimum atomic E-state index is -1.21. The van der Waals surface area contributed by atoms with Crippen LogP contribution >= 0.6 is 9.24 Å². The normalized spacial score (nSPS) is 45.2. The molecular weight excluding hydrogens is 188 g/mol. The number of rotatable bonds is 0. The van der Waals surface area contributed by atoms with E-state index in [1.54, 1.807) is 0 Å². The molecule has 1 aliphatic heterocycles. The van der Waals surface area contributed by atoms with Crippen molar-refractivity contribution >= 4 is 15.1 Å². The van der Waals surface area contributed by atoms with Crippen molar-refractivity contribution < 1.29 is 9.18 Å². The Labute approximate surface area is 79.9 Å². The fraction of sp³-hybridized carbons (Fsp3) is 0.889. The van der Waals surface area contributed by atoms with Crippen LogP contribution in [0, 0.1) is 5.41 Å². The molecule has 74 valence electrons. The average molecular weight is 203 g/mol. The number of alkyl halides is 1. The van der Waals surface area contributed by atoms with E-state index in [0.717, 1.165) is 25.8 Å². The van der Waals surface area contributed by atoms with Crippen LogP contribution in [0.25, 0.3) is 0 Å². The second kappa shape index (κ2) is 2.91. The van der Waals surface area contributed by atoms with Crippen LogP contribution in [0.4, 0.5) is 4.39 Å². The van der Waals surface area contributed by atoms with Crippen molar-refractivity contribution in [3.63, 3.8) is 0 Å². The SMILES string of the molecule is O=C1NCCC12CCCC(F)(P)C2. The minimum absolute atomic E-state index is 0.0664. The minimum Gasteiger partial charge on any atom is -0.356 e. The van der Waals surface area contributed by atoms with Gasteiger partial charge in [0, 0.05) is 6.54 Å². The van der Waals surface area contributed by atoms with Crippen LogP contribution in [-0.2, 0) is 4.79 Å². The van der Waals surface area contributed by atoms with Gasteiger partial charge in [0.1, 0.15) is 5.41 Å². The van der Waals surface area contributed by atoms with Crippen LogP contribution in [0.1, 0.15) is 32.1 Å².